The minimum absolute atomic E-state index is 0.00760. The number of benzene rings is 1. The van der Waals surface area contributed by atoms with Crippen molar-refractivity contribution in [1.29, 1.82) is 0 Å². The molecule has 25 heavy (non-hydrogen) atoms. The molecule has 2 aliphatic rings. The van der Waals surface area contributed by atoms with Gasteiger partial charge < -0.3 is 9.64 Å². The molecule has 3 rings (SSSR count). The fourth-order valence-electron chi connectivity index (χ4n) is 3.34. The third-order valence-corrected chi connectivity index (χ3v) is 6.85. The van der Waals surface area contributed by atoms with Crippen LogP contribution >= 0.6 is 0 Å². The summed E-state index contributed by atoms with van der Waals surface area (Å²) in [5, 5.41) is 0. The molecule has 0 bridgehead atoms. The molecule has 1 aromatic rings. The molecule has 0 radical (unpaired) electrons. The second-order valence-electron chi connectivity index (χ2n) is 7.49. The molecule has 0 saturated carbocycles. The highest BCUT2D eigenvalue weighted by atomic mass is 32.2. The number of carbonyl (C=O) groups is 1. The second kappa shape index (κ2) is 6.70. The number of hydrogen-bond acceptors (Lipinski definition) is 4. The number of nitrogens with zero attached hydrogens (tertiary/aromatic N) is 2. The van der Waals surface area contributed by atoms with Crippen LogP contribution in [0.25, 0.3) is 0 Å². The molecule has 1 unspecified atom stereocenters. The second-order valence-corrected chi connectivity index (χ2v) is 9.42. The third kappa shape index (κ3) is 3.59. The molecular weight excluding hydrogens is 340 g/mol. The number of morpholine rings is 1. The lowest BCUT2D eigenvalue weighted by Gasteiger charge is -2.44. The van der Waals surface area contributed by atoms with Gasteiger partial charge in [0.15, 0.2) is 0 Å². The molecule has 2 fully saturated rings. The van der Waals surface area contributed by atoms with E-state index in [1.165, 1.54) is 16.4 Å². The molecule has 7 heteroatoms. The van der Waals surface area contributed by atoms with E-state index in [0.29, 0.717) is 31.8 Å². The van der Waals surface area contributed by atoms with Gasteiger partial charge in [0.1, 0.15) is 0 Å². The van der Waals surface area contributed by atoms with E-state index in [1.807, 2.05) is 25.7 Å². The molecule has 2 aliphatic heterocycles. The van der Waals surface area contributed by atoms with Crippen molar-refractivity contribution in [2.75, 3.05) is 26.2 Å². The van der Waals surface area contributed by atoms with E-state index in [1.54, 1.807) is 12.1 Å². The largest absolute Gasteiger partial charge is 0.374 e. The quantitative estimate of drug-likeness (QED) is 0.822. The molecule has 6 nitrogen and oxygen atoms in total. The standard InChI is InChI=1S/C18H26N2O4S/c1-14-12-20(18(2,3)13-24-14)17(21)15-6-8-16(9-7-15)25(22,23)19-10-4-5-11-19/h6-9,14H,4-5,10-13H2,1-3H3. The fourth-order valence-corrected chi connectivity index (χ4v) is 4.86. The van der Waals surface area contributed by atoms with E-state index in [-0.39, 0.29) is 22.4 Å². The van der Waals surface area contributed by atoms with Crippen molar-refractivity contribution < 1.29 is 17.9 Å². The predicted octanol–water partition coefficient (Wildman–Crippen LogP) is 2.11. The van der Waals surface area contributed by atoms with Gasteiger partial charge in [0.05, 0.1) is 23.1 Å². The lowest BCUT2D eigenvalue weighted by Crippen LogP contribution is -2.57. The van der Waals surface area contributed by atoms with Crippen LogP contribution in [-0.4, -0.2) is 61.4 Å². The van der Waals surface area contributed by atoms with Crippen LogP contribution in [-0.2, 0) is 14.8 Å². The normalized spacial score (nSPS) is 24.4. The Morgan fingerprint density at radius 1 is 1.16 bits per heavy atom. The summed E-state index contributed by atoms with van der Waals surface area (Å²) in [5.74, 6) is -0.0923. The van der Waals surface area contributed by atoms with E-state index in [2.05, 4.69) is 0 Å². The first-order valence-electron chi connectivity index (χ1n) is 8.75. The maximum absolute atomic E-state index is 12.9. The monoisotopic (exact) mass is 366 g/mol. The predicted molar refractivity (Wildman–Crippen MR) is 95.0 cm³/mol. The smallest absolute Gasteiger partial charge is 0.254 e. The van der Waals surface area contributed by atoms with Gasteiger partial charge in [-0.15, -0.1) is 0 Å². The van der Waals surface area contributed by atoms with Crippen molar-refractivity contribution in [3.63, 3.8) is 0 Å². The molecule has 0 aliphatic carbocycles. The van der Waals surface area contributed by atoms with Gasteiger partial charge in [0.25, 0.3) is 5.91 Å². The van der Waals surface area contributed by atoms with Crippen LogP contribution in [0.4, 0.5) is 0 Å². The summed E-state index contributed by atoms with van der Waals surface area (Å²) in [7, 11) is -3.45. The SMILES string of the molecule is CC1CN(C(=O)c2ccc(S(=O)(=O)N3CCCC3)cc2)C(C)(C)CO1. The highest BCUT2D eigenvalue weighted by molar-refractivity contribution is 7.89. The average molecular weight is 366 g/mol. The Hall–Kier alpha value is -1.44. The molecule has 138 valence electrons. The van der Waals surface area contributed by atoms with E-state index in [4.69, 9.17) is 4.74 Å². The van der Waals surface area contributed by atoms with Crippen molar-refractivity contribution in [3.05, 3.63) is 29.8 Å². The number of ether oxygens (including phenoxy) is 1. The lowest BCUT2D eigenvalue weighted by molar-refractivity contribution is -0.0755. The zero-order valence-corrected chi connectivity index (χ0v) is 15.9. The molecule has 2 saturated heterocycles. The Kier molecular flexibility index (Phi) is 4.92. The van der Waals surface area contributed by atoms with Crippen LogP contribution in [0.1, 0.15) is 44.0 Å². The van der Waals surface area contributed by atoms with E-state index in [9.17, 15) is 13.2 Å². The van der Waals surface area contributed by atoms with Crippen molar-refractivity contribution in [1.82, 2.24) is 9.21 Å². The van der Waals surface area contributed by atoms with E-state index in [0.717, 1.165) is 12.8 Å². The average Bonchev–Trinajstić information content (AvgIpc) is 3.12. The minimum Gasteiger partial charge on any atom is -0.374 e. The number of rotatable bonds is 3. The van der Waals surface area contributed by atoms with Crippen molar-refractivity contribution in [2.24, 2.45) is 0 Å². The Balaban J connectivity index is 1.81. The molecule has 1 atom stereocenters. The van der Waals surface area contributed by atoms with Gasteiger partial charge in [-0.05, 0) is 57.9 Å². The molecule has 1 amide bonds. The molecule has 0 spiro atoms. The zero-order chi connectivity index (χ0) is 18.2. The summed E-state index contributed by atoms with van der Waals surface area (Å²) >= 11 is 0. The maximum atomic E-state index is 12.9. The Labute approximate surface area is 149 Å². The summed E-state index contributed by atoms with van der Waals surface area (Å²) < 4.78 is 32.3. The lowest BCUT2D eigenvalue weighted by atomic mass is 9.99. The fraction of sp³-hybridized carbons (Fsp3) is 0.611. The maximum Gasteiger partial charge on any atom is 0.254 e. The Morgan fingerprint density at radius 3 is 2.36 bits per heavy atom. The van der Waals surface area contributed by atoms with E-state index >= 15 is 0 Å². The van der Waals surface area contributed by atoms with Gasteiger partial charge >= 0.3 is 0 Å². The van der Waals surface area contributed by atoms with Crippen LogP contribution in [0.5, 0.6) is 0 Å². The number of sulfonamides is 1. The highest BCUT2D eigenvalue weighted by Gasteiger charge is 2.37. The summed E-state index contributed by atoms with van der Waals surface area (Å²) in [6.45, 7) is 8.06. The van der Waals surface area contributed by atoms with Crippen LogP contribution in [0, 0.1) is 0 Å². The Morgan fingerprint density at radius 2 is 1.76 bits per heavy atom. The molecular formula is C18H26N2O4S. The van der Waals surface area contributed by atoms with Gasteiger partial charge in [-0.3, -0.25) is 4.79 Å². The first-order valence-corrected chi connectivity index (χ1v) is 10.2. The van der Waals surface area contributed by atoms with Gasteiger partial charge in [0, 0.05) is 25.2 Å². The minimum atomic E-state index is -3.45. The van der Waals surface area contributed by atoms with Crippen molar-refractivity contribution in [3.8, 4) is 0 Å². The van der Waals surface area contributed by atoms with Gasteiger partial charge in [0.2, 0.25) is 10.0 Å². The van der Waals surface area contributed by atoms with Crippen molar-refractivity contribution >= 4 is 15.9 Å². The zero-order valence-electron chi connectivity index (χ0n) is 15.1. The van der Waals surface area contributed by atoms with Crippen LogP contribution in [0.2, 0.25) is 0 Å². The Bertz CT molecular complexity index is 737. The van der Waals surface area contributed by atoms with Crippen LogP contribution in [0.3, 0.4) is 0 Å². The van der Waals surface area contributed by atoms with Gasteiger partial charge in [-0.25, -0.2) is 8.42 Å². The van der Waals surface area contributed by atoms with Crippen LogP contribution < -0.4 is 0 Å². The topological polar surface area (TPSA) is 66.9 Å². The van der Waals surface area contributed by atoms with Gasteiger partial charge in [-0.2, -0.15) is 4.31 Å². The number of carbonyl (C=O) groups excluding carboxylic acids is 1. The summed E-state index contributed by atoms with van der Waals surface area (Å²) in [6, 6.07) is 6.30. The summed E-state index contributed by atoms with van der Waals surface area (Å²) in [6.07, 6.45) is 1.80. The highest BCUT2D eigenvalue weighted by Crippen LogP contribution is 2.26. The molecule has 2 heterocycles. The molecule has 1 aromatic carbocycles. The third-order valence-electron chi connectivity index (χ3n) is 4.94. The van der Waals surface area contributed by atoms with E-state index < -0.39 is 10.0 Å². The summed E-state index contributed by atoms with van der Waals surface area (Å²) in [4.78, 5) is 14.9. The molecule has 0 N–H and O–H groups in total. The van der Waals surface area contributed by atoms with Crippen molar-refractivity contribution in [2.45, 2.75) is 50.2 Å². The first kappa shape index (κ1) is 18.4. The number of amides is 1. The molecule has 0 aromatic heterocycles. The summed E-state index contributed by atoms with van der Waals surface area (Å²) in [5.41, 5.74) is 0.117. The van der Waals surface area contributed by atoms with Crippen LogP contribution in [0.15, 0.2) is 29.2 Å². The van der Waals surface area contributed by atoms with Gasteiger partial charge in [-0.1, -0.05) is 0 Å². The first-order chi connectivity index (χ1) is 11.7. The number of hydrogen-bond donors (Lipinski definition) is 0.